The number of thiophene rings is 1. The van der Waals surface area contributed by atoms with Crippen molar-refractivity contribution in [3.05, 3.63) is 71.1 Å². The monoisotopic (exact) mass is 707 g/mol. The summed E-state index contributed by atoms with van der Waals surface area (Å²) in [7, 11) is -6.17. The highest BCUT2D eigenvalue weighted by molar-refractivity contribution is 7.94. The molecule has 11 nitrogen and oxygen atoms in total. The number of likely N-dealkylation sites (N-methyl/N-ethyl adjacent to an activating group) is 1. The van der Waals surface area contributed by atoms with Crippen LogP contribution in [-0.2, 0) is 24.8 Å². The zero-order chi connectivity index (χ0) is 34.4. The molecule has 3 aromatic rings. The van der Waals surface area contributed by atoms with Crippen molar-refractivity contribution in [3.8, 4) is 5.75 Å². The van der Waals surface area contributed by atoms with Crippen LogP contribution in [0, 0.1) is 12.8 Å². The van der Waals surface area contributed by atoms with Crippen molar-refractivity contribution in [3.63, 3.8) is 0 Å². The van der Waals surface area contributed by atoms with Gasteiger partial charge in [-0.1, -0.05) is 30.7 Å². The van der Waals surface area contributed by atoms with E-state index in [1.165, 1.54) is 28.4 Å². The van der Waals surface area contributed by atoms with E-state index in [0.717, 1.165) is 29.7 Å². The number of carbonyl (C=O) groups excluding carboxylic acids is 1. The van der Waals surface area contributed by atoms with Gasteiger partial charge in [0, 0.05) is 38.3 Å². The van der Waals surface area contributed by atoms with Crippen LogP contribution in [-0.4, -0.2) is 88.7 Å². The topological polar surface area (TPSA) is 143 Å². The second kappa shape index (κ2) is 15.9. The first-order chi connectivity index (χ1) is 22.2. The number of fused-ring (bicyclic) bond motifs is 1. The molecule has 0 spiro atoms. The van der Waals surface area contributed by atoms with E-state index < -0.39 is 38.1 Å². The minimum Gasteiger partial charge on any atom is -0.490 e. The molecule has 1 aromatic heterocycles. The molecule has 0 unspecified atom stereocenters. The van der Waals surface area contributed by atoms with Gasteiger partial charge in [0.05, 0.1) is 35.3 Å². The largest absolute Gasteiger partial charge is 0.490 e. The maximum atomic E-state index is 14.3. The van der Waals surface area contributed by atoms with Gasteiger partial charge in [0.1, 0.15) is 9.96 Å². The van der Waals surface area contributed by atoms with E-state index in [4.69, 9.17) is 9.47 Å². The van der Waals surface area contributed by atoms with Crippen molar-refractivity contribution >= 4 is 43.0 Å². The van der Waals surface area contributed by atoms with Crippen LogP contribution in [0.4, 0.5) is 5.69 Å². The van der Waals surface area contributed by atoms with Gasteiger partial charge in [-0.3, -0.25) is 9.52 Å². The van der Waals surface area contributed by atoms with E-state index in [9.17, 15) is 26.7 Å². The molecule has 0 fully saturated rings. The standard InChI is InChI=1S/C33H45N3O8S3/c1-23-11-14-28(15-12-23)47(41,42)35(5)21-31-24(2)20-36(25(3)22-37)33(38)29-19-27(34-46(39,40)32-10-8-18-45-32)13-16-30(29)44-26(4)9-6-7-17-43-31/h8,10-16,18-19,24-26,31,34,37H,6-7,9,17,20-22H2,1-5H3/t24-,25+,26-,31+/m0/s1. The van der Waals surface area contributed by atoms with Crippen LogP contribution in [0.2, 0.25) is 0 Å². The Morgan fingerprint density at radius 3 is 2.47 bits per heavy atom. The number of benzene rings is 2. The van der Waals surface area contributed by atoms with E-state index in [1.54, 1.807) is 54.8 Å². The summed E-state index contributed by atoms with van der Waals surface area (Å²) in [5.41, 5.74) is 1.28. The third-order valence-corrected chi connectivity index (χ3v) is 12.8. The van der Waals surface area contributed by atoms with E-state index in [0.29, 0.717) is 18.8 Å². The van der Waals surface area contributed by atoms with Gasteiger partial charge < -0.3 is 19.5 Å². The summed E-state index contributed by atoms with van der Waals surface area (Å²) < 4.78 is 69.4. The molecule has 0 aliphatic carbocycles. The molecular formula is C33H45N3O8S3. The summed E-state index contributed by atoms with van der Waals surface area (Å²) in [4.78, 5) is 16.0. The van der Waals surface area contributed by atoms with Crippen molar-refractivity contribution in [1.29, 1.82) is 0 Å². The number of amides is 1. The average molecular weight is 708 g/mol. The van der Waals surface area contributed by atoms with Gasteiger partial charge >= 0.3 is 0 Å². The summed E-state index contributed by atoms with van der Waals surface area (Å²) in [6.45, 7) is 7.64. The number of nitrogens with zero attached hydrogens (tertiary/aromatic N) is 2. The lowest BCUT2D eigenvalue weighted by atomic mass is 10.0. The van der Waals surface area contributed by atoms with Gasteiger partial charge in [-0.25, -0.2) is 16.8 Å². The maximum Gasteiger partial charge on any atom is 0.271 e. The number of rotatable bonds is 9. The molecule has 258 valence electrons. The van der Waals surface area contributed by atoms with Crippen LogP contribution in [0.5, 0.6) is 5.75 Å². The lowest BCUT2D eigenvalue weighted by molar-refractivity contribution is -0.00833. The Morgan fingerprint density at radius 2 is 1.81 bits per heavy atom. The fourth-order valence-corrected chi connectivity index (χ4v) is 8.54. The van der Waals surface area contributed by atoms with Crippen LogP contribution in [0.1, 0.15) is 56.0 Å². The quantitative estimate of drug-likeness (QED) is 0.318. The predicted molar refractivity (Wildman–Crippen MR) is 183 cm³/mol. The van der Waals surface area contributed by atoms with Crippen molar-refractivity contribution in [2.24, 2.45) is 5.92 Å². The fraction of sp³-hybridized carbons (Fsp3) is 0.485. The highest BCUT2D eigenvalue weighted by atomic mass is 32.2. The van der Waals surface area contributed by atoms with Crippen LogP contribution in [0.15, 0.2) is 69.1 Å². The summed E-state index contributed by atoms with van der Waals surface area (Å²) in [5, 5.41) is 11.9. The van der Waals surface area contributed by atoms with E-state index in [-0.39, 0.29) is 52.1 Å². The number of hydrogen-bond donors (Lipinski definition) is 2. The first-order valence-corrected chi connectivity index (χ1v) is 19.5. The Labute approximate surface area is 282 Å². The van der Waals surface area contributed by atoms with Crippen molar-refractivity contribution < 1.29 is 36.2 Å². The van der Waals surface area contributed by atoms with Gasteiger partial charge in [0.2, 0.25) is 10.0 Å². The van der Waals surface area contributed by atoms with Gasteiger partial charge in [0.15, 0.2) is 0 Å². The number of hydrogen-bond acceptors (Lipinski definition) is 9. The smallest absolute Gasteiger partial charge is 0.271 e. The van der Waals surface area contributed by atoms with E-state index in [1.807, 2.05) is 20.8 Å². The van der Waals surface area contributed by atoms with Crippen LogP contribution in [0.25, 0.3) is 0 Å². The molecule has 1 aliphatic rings. The number of aliphatic hydroxyl groups is 1. The molecule has 14 heteroatoms. The first kappa shape index (κ1) is 36.8. The van der Waals surface area contributed by atoms with Crippen molar-refractivity contribution in [1.82, 2.24) is 9.21 Å². The summed E-state index contributed by atoms with van der Waals surface area (Å²) in [6, 6.07) is 13.8. The number of ether oxygens (including phenoxy) is 2. The molecule has 4 rings (SSSR count). The number of carbonyl (C=O) groups is 1. The van der Waals surface area contributed by atoms with Gasteiger partial charge in [-0.15, -0.1) is 11.3 Å². The molecule has 0 saturated carbocycles. The van der Waals surface area contributed by atoms with Crippen LogP contribution in [0.3, 0.4) is 0 Å². The Morgan fingerprint density at radius 1 is 1.09 bits per heavy atom. The number of aliphatic hydroxyl groups excluding tert-OH is 1. The zero-order valence-corrected chi connectivity index (χ0v) is 29.9. The fourth-order valence-electron chi connectivity index (χ4n) is 5.31. The summed E-state index contributed by atoms with van der Waals surface area (Å²) >= 11 is 1.08. The Bertz CT molecular complexity index is 1700. The normalized spacial score (nSPS) is 21.0. The molecule has 2 heterocycles. The number of sulfonamides is 2. The number of aryl methyl sites for hydroxylation is 1. The third kappa shape index (κ3) is 9.33. The third-order valence-electron chi connectivity index (χ3n) is 8.23. The Balaban J connectivity index is 1.67. The average Bonchev–Trinajstić information content (AvgIpc) is 3.59. The molecular weight excluding hydrogens is 663 g/mol. The second-order valence-corrected chi connectivity index (χ2v) is 17.0. The summed E-state index contributed by atoms with van der Waals surface area (Å²) in [5.74, 6) is -0.511. The first-order valence-electron chi connectivity index (χ1n) is 15.7. The Kier molecular flexibility index (Phi) is 12.5. The Hall–Kier alpha value is -3.01. The van der Waals surface area contributed by atoms with Gasteiger partial charge in [0.25, 0.3) is 15.9 Å². The molecule has 0 bridgehead atoms. The van der Waals surface area contributed by atoms with Gasteiger partial charge in [-0.2, -0.15) is 4.31 Å². The van der Waals surface area contributed by atoms with Crippen LogP contribution >= 0.6 is 11.3 Å². The highest BCUT2D eigenvalue weighted by Gasteiger charge is 2.32. The SMILES string of the molecule is Cc1ccc(S(=O)(=O)N(C)C[C@H]2OCCCC[C@H](C)Oc3ccc(NS(=O)(=O)c4cccs4)cc3C(=O)N([C@H](C)CO)C[C@@H]2C)cc1. The molecule has 47 heavy (non-hydrogen) atoms. The minimum atomic E-state index is -3.88. The maximum absolute atomic E-state index is 14.3. The number of nitrogens with one attached hydrogen (secondary N) is 1. The lowest BCUT2D eigenvalue weighted by Crippen LogP contribution is -2.48. The molecule has 1 amide bonds. The second-order valence-electron chi connectivity index (χ2n) is 12.1. The molecule has 0 saturated heterocycles. The molecule has 0 radical (unpaired) electrons. The lowest BCUT2D eigenvalue weighted by Gasteiger charge is -2.35. The molecule has 4 atom stereocenters. The van der Waals surface area contributed by atoms with Crippen LogP contribution < -0.4 is 9.46 Å². The van der Waals surface area contributed by atoms with Gasteiger partial charge in [-0.05, 0) is 81.8 Å². The van der Waals surface area contributed by atoms with Crippen molar-refractivity contribution in [2.75, 3.05) is 38.1 Å². The summed E-state index contributed by atoms with van der Waals surface area (Å²) in [6.07, 6.45) is 1.33. The van der Waals surface area contributed by atoms with E-state index >= 15 is 0 Å². The van der Waals surface area contributed by atoms with E-state index in [2.05, 4.69) is 4.72 Å². The zero-order valence-electron chi connectivity index (χ0n) is 27.5. The molecule has 1 aliphatic heterocycles. The van der Waals surface area contributed by atoms with Crippen molar-refractivity contribution in [2.45, 2.75) is 74.3 Å². The number of anilines is 1. The highest BCUT2D eigenvalue weighted by Crippen LogP contribution is 2.30. The molecule has 2 N–H and O–H groups in total. The minimum absolute atomic E-state index is 0.0532. The molecule has 2 aromatic carbocycles. The predicted octanol–water partition coefficient (Wildman–Crippen LogP) is 4.97.